The topological polar surface area (TPSA) is 99.2 Å². The number of nitrogens with zero attached hydrogens (tertiary/aromatic N) is 5. The van der Waals surface area contributed by atoms with Gasteiger partial charge < -0.3 is 15.4 Å². The van der Waals surface area contributed by atoms with Gasteiger partial charge in [-0.1, -0.05) is 17.7 Å². The van der Waals surface area contributed by atoms with E-state index in [1.165, 1.54) is 19.2 Å². The Labute approximate surface area is 172 Å². The Hall–Kier alpha value is -3.13. The minimum atomic E-state index is -0.309. The number of fused-ring (bicyclic) bond motifs is 1. The summed E-state index contributed by atoms with van der Waals surface area (Å²) in [6.45, 7) is 1.59. The minimum Gasteiger partial charge on any atom is -0.475 e. The molecule has 3 aromatic rings. The Balaban J connectivity index is 1.44. The third kappa shape index (κ3) is 3.40. The maximum atomic E-state index is 13.1. The largest absolute Gasteiger partial charge is 0.475 e. The fourth-order valence-electron chi connectivity index (χ4n) is 3.48. The predicted octanol–water partition coefficient (Wildman–Crippen LogP) is 3.02. The molecule has 0 unspecified atom stereocenters. The van der Waals surface area contributed by atoms with Crippen molar-refractivity contribution >= 4 is 29.0 Å². The van der Waals surface area contributed by atoms with Gasteiger partial charge in [0.25, 0.3) is 5.91 Å². The maximum Gasteiger partial charge on any atom is 0.267 e. The summed E-state index contributed by atoms with van der Waals surface area (Å²) in [5, 5.41) is 4.98. The van der Waals surface area contributed by atoms with Gasteiger partial charge >= 0.3 is 0 Å². The summed E-state index contributed by atoms with van der Waals surface area (Å²) in [7, 11) is 0. The van der Waals surface area contributed by atoms with Gasteiger partial charge in [-0.15, -0.1) is 0 Å². The Kier molecular flexibility index (Phi) is 4.35. The van der Waals surface area contributed by atoms with Crippen LogP contribution in [0.15, 0.2) is 36.9 Å². The lowest BCUT2D eigenvalue weighted by Gasteiger charge is -2.21. The number of carbonyl (C=O) groups excluding carboxylic acids is 1. The van der Waals surface area contributed by atoms with Crippen molar-refractivity contribution in [2.45, 2.75) is 19.4 Å². The van der Waals surface area contributed by atoms with Crippen molar-refractivity contribution in [3.63, 3.8) is 0 Å². The van der Waals surface area contributed by atoms with E-state index in [9.17, 15) is 4.79 Å². The SMILES string of the molecule is Nc1ncnc2c1C(=O)N(c1ccc(-c3cnn(CC4CC4)c3)c(Cl)c1)CCO2. The molecule has 2 N–H and O–H groups in total. The molecule has 9 heteroatoms. The molecular formula is C20H19ClN6O2. The normalized spacial score (nSPS) is 16.3. The molecule has 0 atom stereocenters. The number of nitrogens with two attached hydrogens (primary N) is 1. The van der Waals surface area contributed by atoms with Crippen molar-refractivity contribution in [3.05, 3.63) is 47.5 Å². The molecule has 3 heterocycles. The zero-order chi connectivity index (χ0) is 20.0. The standard InChI is InChI=1S/C20H19ClN6O2/c21-16-7-14(3-4-15(16)13-8-25-26(10-13)9-12-1-2-12)27-5-6-29-19-17(20(27)28)18(22)23-11-24-19/h3-4,7-8,10-12H,1-2,5-6,9H2,(H2,22,23,24). The molecule has 0 saturated heterocycles. The van der Waals surface area contributed by atoms with Gasteiger partial charge in [0.05, 0.1) is 17.8 Å². The Morgan fingerprint density at radius 2 is 2.14 bits per heavy atom. The van der Waals surface area contributed by atoms with Gasteiger partial charge in [0, 0.05) is 29.6 Å². The number of benzene rings is 1. The molecule has 5 rings (SSSR count). The summed E-state index contributed by atoms with van der Waals surface area (Å²) < 4.78 is 7.54. The van der Waals surface area contributed by atoms with Crippen LogP contribution in [0.3, 0.4) is 0 Å². The summed E-state index contributed by atoms with van der Waals surface area (Å²) in [6, 6.07) is 5.54. The van der Waals surface area contributed by atoms with Crippen molar-refractivity contribution in [2.75, 3.05) is 23.8 Å². The zero-order valence-corrected chi connectivity index (χ0v) is 16.3. The number of aromatic nitrogens is 4. The van der Waals surface area contributed by atoms with Crippen molar-refractivity contribution < 1.29 is 9.53 Å². The number of carbonyl (C=O) groups is 1. The molecule has 8 nitrogen and oxygen atoms in total. The number of nitrogen functional groups attached to an aromatic ring is 1. The summed E-state index contributed by atoms with van der Waals surface area (Å²) in [5.74, 6) is 0.737. The van der Waals surface area contributed by atoms with Crippen LogP contribution in [0.4, 0.5) is 11.5 Å². The molecule has 2 aliphatic rings. The Morgan fingerprint density at radius 1 is 1.28 bits per heavy atom. The fraction of sp³-hybridized carbons (Fsp3) is 0.300. The summed E-state index contributed by atoms with van der Waals surface area (Å²) in [4.78, 5) is 22.6. The molecule has 1 aliphatic heterocycles. The number of ether oxygens (including phenoxy) is 1. The molecule has 1 fully saturated rings. The number of anilines is 2. The van der Waals surface area contributed by atoms with E-state index in [0.29, 0.717) is 23.9 Å². The van der Waals surface area contributed by atoms with Crippen LogP contribution in [0.25, 0.3) is 11.1 Å². The number of rotatable bonds is 4. The van der Waals surface area contributed by atoms with Crippen LogP contribution >= 0.6 is 11.6 Å². The molecule has 148 valence electrons. The highest BCUT2D eigenvalue weighted by Crippen LogP contribution is 2.35. The van der Waals surface area contributed by atoms with Crippen LogP contribution in [0.1, 0.15) is 23.2 Å². The van der Waals surface area contributed by atoms with Crippen LogP contribution in [-0.2, 0) is 6.54 Å². The van der Waals surface area contributed by atoms with Crippen molar-refractivity contribution in [1.29, 1.82) is 0 Å². The van der Waals surface area contributed by atoms with Crippen LogP contribution in [0.2, 0.25) is 5.02 Å². The first-order valence-electron chi connectivity index (χ1n) is 9.47. The molecule has 0 radical (unpaired) electrons. The highest BCUT2D eigenvalue weighted by atomic mass is 35.5. The lowest BCUT2D eigenvalue weighted by molar-refractivity contribution is 0.0990. The van der Waals surface area contributed by atoms with E-state index in [1.807, 2.05) is 29.2 Å². The van der Waals surface area contributed by atoms with Gasteiger partial charge in [-0.25, -0.2) is 9.97 Å². The zero-order valence-electron chi connectivity index (χ0n) is 15.6. The summed E-state index contributed by atoms with van der Waals surface area (Å²) in [5.41, 5.74) is 8.56. The first-order valence-corrected chi connectivity index (χ1v) is 9.85. The van der Waals surface area contributed by atoms with E-state index < -0.39 is 0 Å². The first-order chi connectivity index (χ1) is 14.1. The maximum absolute atomic E-state index is 13.1. The first kappa shape index (κ1) is 17.9. The number of amides is 1. The van der Waals surface area contributed by atoms with Gasteiger partial charge in [0.2, 0.25) is 5.88 Å². The highest BCUT2D eigenvalue weighted by Gasteiger charge is 2.29. The van der Waals surface area contributed by atoms with Crippen molar-refractivity contribution in [2.24, 2.45) is 5.92 Å². The molecule has 1 aliphatic carbocycles. The fourth-order valence-corrected chi connectivity index (χ4v) is 3.77. The molecule has 1 aromatic carbocycles. The Bertz CT molecular complexity index is 1090. The highest BCUT2D eigenvalue weighted by molar-refractivity contribution is 6.33. The van der Waals surface area contributed by atoms with Gasteiger partial charge in [-0.2, -0.15) is 5.10 Å². The predicted molar refractivity (Wildman–Crippen MR) is 109 cm³/mol. The number of halogens is 1. The van der Waals surface area contributed by atoms with Gasteiger partial charge in [0.15, 0.2) is 0 Å². The molecule has 0 bridgehead atoms. The third-order valence-corrected chi connectivity index (χ3v) is 5.52. The molecule has 1 amide bonds. The molecule has 2 aromatic heterocycles. The average Bonchev–Trinajstić information content (AvgIpc) is 3.43. The number of hydrogen-bond acceptors (Lipinski definition) is 6. The Morgan fingerprint density at radius 3 is 2.93 bits per heavy atom. The van der Waals surface area contributed by atoms with E-state index in [2.05, 4.69) is 15.1 Å². The van der Waals surface area contributed by atoms with Crippen molar-refractivity contribution in [3.8, 4) is 17.0 Å². The second-order valence-electron chi connectivity index (χ2n) is 7.30. The molecule has 0 spiro atoms. The van der Waals surface area contributed by atoms with Gasteiger partial charge in [-0.05, 0) is 30.9 Å². The van der Waals surface area contributed by atoms with Gasteiger partial charge in [-0.3, -0.25) is 9.48 Å². The van der Waals surface area contributed by atoms with Crippen LogP contribution < -0.4 is 15.4 Å². The van der Waals surface area contributed by atoms with Gasteiger partial charge in [0.1, 0.15) is 24.3 Å². The van der Waals surface area contributed by atoms with Crippen LogP contribution in [0.5, 0.6) is 5.88 Å². The van der Waals surface area contributed by atoms with E-state index in [4.69, 9.17) is 22.1 Å². The number of hydrogen-bond donors (Lipinski definition) is 1. The summed E-state index contributed by atoms with van der Waals surface area (Å²) >= 11 is 6.57. The average molecular weight is 411 g/mol. The monoisotopic (exact) mass is 410 g/mol. The van der Waals surface area contributed by atoms with E-state index >= 15 is 0 Å². The third-order valence-electron chi connectivity index (χ3n) is 5.21. The molecule has 1 saturated carbocycles. The lowest BCUT2D eigenvalue weighted by atomic mass is 10.1. The van der Waals surface area contributed by atoms with E-state index in [1.54, 1.807) is 11.0 Å². The van der Waals surface area contributed by atoms with Crippen LogP contribution in [-0.4, -0.2) is 38.8 Å². The quantitative estimate of drug-likeness (QED) is 0.709. The van der Waals surface area contributed by atoms with E-state index in [0.717, 1.165) is 23.6 Å². The molecule has 29 heavy (non-hydrogen) atoms. The lowest BCUT2D eigenvalue weighted by Crippen LogP contribution is -2.32. The smallest absolute Gasteiger partial charge is 0.267 e. The van der Waals surface area contributed by atoms with Crippen molar-refractivity contribution in [1.82, 2.24) is 19.7 Å². The molecular weight excluding hydrogens is 392 g/mol. The van der Waals surface area contributed by atoms with Crippen LogP contribution in [0, 0.1) is 5.92 Å². The minimum absolute atomic E-state index is 0.0951. The second-order valence-corrected chi connectivity index (χ2v) is 7.71. The second kappa shape index (κ2) is 7.04. The summed E-state index contributed by atoms with van der Waals surface area (Å²) in [6.07, 6.45) is 7.67. The van der Waals surface area contributed by atoms with E-state index in [-0.39, 0.29) is 23.2 Å².